The monoisotopic (exact) mass is 243 g/mol. The maximum absolute atomic E-state index is 11.7. The maximum Gasteiger partial charge on any atom is 0.410 e. The zero-order valence-corrected chi connectivity index (χ0v) is 10.0. The van der Waals surface area contributed by atoms with Gasteiger partial charge in [-0.05, 0) is 13.3 Å². The molecule has 96 valence electrons. The van der Waals surface area contributed by atoms with Crippen LogP contribution in [0.5, 0.6) is 0 Å². The summed E-state index contributed by atoms with van der Waals surface area (Å²) < 4.78 is 4.79. The highest BCUT2D eigenvalue weighted by Crippen LogP contribution is 2.22. The minimum atomic E-state index is -0.979. The summed E-state index contributed by atoms with van der Waals surface area (Å²) >= 11 is 0. The highest BCUT2D eigenvalue weighted by Gasteiger charge is 2.36. The second-order valence-corrected chi connectivity index (χ2v) is 4.11. The maximum atomic E-state index is 11.7. The average Bonchev–Trinajstić information content (AvgIpc) is 2.28. The summed E-state index contributed by atoms with van der Waals surface area (Å²) in [5.74, 6) is -2.39. The van der Waals surface area contributed by atoms with Gasteiger partial charge in [-0.3, -0.25) is 9.59 Å². The third-order valence-electron chi connectivity index (χ3n) is 2.99. The molecule has 2 unspecified atom stereocenters. The standard InChI is InChI=1S/C11H17NO5/c1-3-17-11(16)12-5-4-8(9(13)6-12)7(2)10(14)15/h7-8H,3-6H2,1-2H3,(H,14,15). The van der Waals surface area contributed by atoms with Gasteiger partial charge in [0.05, 0.1) is 19.1 Å². The van der Waals surface area contributed by atoms with E-state index in [9.17, 15) is 14.4 Å². The van der Waals surface area contributed by atoms with Crippen molar-refractivity contribution in [1.29, 1.82) is 0 Å². The third kappa shape index (κ3) is 3.18. The van der Waals surface area contributed by atoms with E-state index >= 15 is 0 Å². The minimum absolute atomic E-state index is 0.0544. The van der Waals surface area contributed by atoms with Crippen LogP contribution in [0.4, 0.5) is 4.79 Å². The normalized spacial score (nSPS) is 22.1. The zero-order chi connectivity index (χ0) is 13.0. The number of hydrogen-bond acceptors (Lipinski definition) is 4. The van der Waals surface area contributed by atoms with Crippen LogP contribution in [-0.2, 0) is 14.3 Å². The first-order valence-corrected chi connectivity index (χ1v) is 5.64. The van der Waals surface area contributed by atoms with Crippen molar-refractivity contribution in [3.63, 3.8) is 0 Å². The number of carbonyl (C=O) groups is 3. The molecule has 0 radical (unpaired) electrons. The van der Waals surface area contributed by atoms with Gasteiger partial charge in [-0.15, -0.1) is 0 Å². The molecule has 0 aromatic heterocycles. The summed E-state index contributed by atoms with van der Waals surface area (Å²) in [4.78, 5) is 35.3. The summed E-state index contributed by atoms with van der Waals surface area (Å²) in [5, 5.41) is 8.85. The Morgan fingerprint density at radius 3 is 2.71 bits per heavy atom. The van der Waals surface area contributed by atoms with Crippen molar-refractivity contribution in [3.05, 3.63) is 0 Å². The third-order valence-corrected chi connectivity index (χ3v) is 2.99. The number of ether oxygens (including phenoxy) is 1. The molecule has 1 heterocycles. The molecule has 0 aromatic rings. The van der Waals surface area contributed by atoms with E-state index in [4.69, 9.17) is 9.84 Å². The molecule has 1 amide bonds. The molecule has 1 rings (SSSR count). The van der Waals surface area contributed by atoms with Crippen molar-refractivity contribution >= 4 is 17.8 Å². The van der Waals surface area contributed by atoms with E-state index < -0.39 is 23.9 Å². The van der Waals surface area contributed by atoms with E-state index in [1.807, 2.05) is 0 Å². The summed E-state index contributed by atoms with van der Waals surface area (Å²) in [6.45, 7) is 3.79. The van der Waals surface area contributed by atoms with Crippen LogP contribution in [0.2, 0.25) is 0 Å². The molecule has 17 heavy (non-hydrogen) atoms. The van der Waals surface area contributed by atoms with Crippen molar-refractivity contribution in [3.8, 4) is 0 Å². The van der Waals surface area contributed by atoms with Crippen LogP contribution >= 0.6 is 0 Å². The fourth-order valence-corrected chi connectivity index (χ4v) is 1.91. The molecule has 1 aliphatic heterocycles. The second kappa shape index (κ2) is 5.65. The smallest absolute Gasteiger partial charge is 0.410 e. The van der Waals surface area contributed by atoms with Crippen LogP contribution in [0.1, 0.15) is 20.3 Å². The SMILES string of the molecule is CCOC(=O)N1CCC(C(C)C(=O)O)C(=O)C1. The number of ketones is 1. The molecule has 0 aliphatic carbocycles. The van der Waals surface area contributed by atoms with Gasteiger partial charge in [-0.2, -0.15) is 0 Å². The highest BCUT2D eigenvalue weighted by molar-refractivity contribution is 5.90. The van der Waals surface area contributed by atoms with Gasteiger partial charge in [0.15, 0.2) is 5.78 Å². The van der Waals surface area contributed by atoms with E-state index in [1.54, 1.807) is 6.92 Å². The molecule has 1 N–H and O–H groups in total. The van der Waals surface area contributed by atoms with Gasteiger partial charge in [0.2, 0.25) is 0 Å². The van der Waals surface area contributed by atoms with E-state index in [1.165, 1.54) is 11.8 Å². The van der Waals surface area contributed by atoms with Crippen molar-refractivity contribution in [2.45, 2.75) is 20.3 Å². The predicted octanol–water partition coefficient (Wildman–Crippen LogP) is 0.755. The van der Waals surface area contributed by atoms with Gasteiger partial charge in [-0.25, -0.2) is 4.79 Å². The lowest BCUT2D eigenvalue weighted by Crippen LogP contribution is -2.47. The van der Waals surface area contributed by atoms with E-state index in [-0.39, 0.29) is 18.9 Å². The minimum Gasteiger partial charge on any atom is -0.481 e. The Kier molecular flexibility index (Phi) is 4.48. The summed E-state index contributed by atoms with van der Waals surface area (Å²) in [5.41, 5.74) is 0. The molecule has 0 bridgehead atoms. The number of Topliss-reactive ketones (excluding diaryl/α,β-unsaturated/α-hetero) is 1. The lowest BCUT2D eigenvalue weighted by atomic mass is 9.84. The molecule has 0 aromatic carbocycles. The van der Waals surface area contributed by atoms with Crippen molar-refractivity contribution in [1.82, 2.24) is 4.90 Å². The number of amides is 1. The largest absolute Gasteiger partial charge is 0.481 e. The predicted molar refractivity (Wildman–Crippen MR) is 58.5 cm³/mol. The zero-order valence-electron chi connectivity index (χ0n) is 10.0. The number of carboxylic acids is 1. The van der Waals surface area contributed by atoms with Gasteiger partial charge < -0.3 is 14.7 Å². The van der Waals surface area contributed by atoms with Crippen molar-refractivity contribution in [2.24, 2.45) is 11.8 Å². The summed E-state index contributed by atoms with van der Waals surface area (Å²) in [6, 6.07) is 0. The summed E-state index contributed by atoms with van der Waals surface area (Å²) in [7, 11) is 0. The fraction of sp³-hybridized carbons (Fsp3) is 0.727. The van der Waals surface area contributed by atoms with Gasteiger partial charge >= 0.3 is 12.1 Å². The van der Waals surface area contributed by atoms with E-state index in [2.05, 4.69) is 0 Å². The van der Waals surface area contributed by atoms with Gasteiger partial charge in [0, 0.05) is 12.5 Å². The first-order chi connectivity index (χ1) is 7.97. The first-order valence-electron chi connectivity index (χ1n) is 5.64. The Balaban J connectivity index is 2.58. The van der Waals surface area contributed by atoms with Crippen LogP contribution < -0.4 is 0 Å². The lowest BCUT2D eigenvalue weighted by molar-refractivity contribution is -0.147. The Bertz CT molecular complexity index is 328. The molecule has 6 heteroatoms. The number of aliphatic carboxylic acids is 1. The lowest BCUT2D eigenvalue weighted by Gasteiger charge is -2.31. The number of nitrogens with zero attached hydrogens (tertiary/aromatic N) is 1. The number of carboxylic acid groups (broad SMARTS) is 1. The Morgan fingerprint density at radius 2 is 2.24 bits per heavy atom. The van der Waals surface area contributed by atoms with Crippen LogP contribution in [-0.4, -0.2) is 47.5 Å². The highest BCUT2D eigenvalue weighted by atomic mass is 16.6. The number of likely N-dealkylation sites (tertiary alicyclic amines) is 1. The molecular formula is C11H17NO5. The van der Waals surface area contributed by atoms with Crippen LogP contribution in [0.15, 0.2) is 0 Å². The van der Waals surface area contributed by atoms with Gasteiger partial charge in [-0.1, -0.05) is 6.92 Å². The summed E-state index contributed by atoms with van der Waals surface area (Å²) in [6.07, 6.45) is -0.132. The number of piperidine rings is 1. The van der Waals surface area contributed by atoms with Crippen LogP contribution in [0.25, 0.3) is 0 Å². The Hall–Kier alpha value is -1.59. The molecule has 1 aliphatic rings. The van der Waals surface area contributed by atoms with Crippen LogP contribution in [0.3, 0.4) is 0 Å². The molecule has 2 atom stereocenters. The Labute approximate surface area is 99.5 Å². The van der Waals surface area contributed by atoms with Gasteiger partial charge in [0.25, 0.3) is 0 Å². The van der Waals surface area contributed by atoms with Gasteiger partial charge in [0.1, 0.15) is 0 Å². The molecule has 0 spiro atoms. The fourth-order valence-electron chi connectivity index (χ4n) is 1.91. The first kappa shape index (κ1) is 13.5. The molecular weight excluding hydrogens is 226 g/mol. The van der Waals surface area contributed by atoms with E-state index in [0.29, 0.717) is 13.0 Å². The average molecular weight is 243 g/mol. The van der Waals surface area contributed by atoms with Crippen molar-refractivity contribution in [2.75, 3.05) is 19.7 Å². The molecule has 1 saturated heterocycles. The molecule has 1 fully saturated rings. The van der Waals surface area contributed by atoms with Crippen molar-refractivity contribution < 1.29 is 24.2 Å². The second-order valence-electron chi connectivity index (χ2n) is 4.11. The molecule has 0 saturated carbocycles. The Morgan fingerprint density at radius 1 is 1.59 bits per heavy atom. The topological polar surface area (TPSA) is 83.9 Å². The van der Waals surface area contributed by atoms with Crippen LogP contribution in [0, 0.1) is 11.8 Å². The number of rotatable bonds is 3. The number of hydrogen-bond donors (Lipinski definition) is 1. The number of carbonyl (C=O) groups excluding carboxylic acids is 2. The van der Waals surface area contributed by atoms with E-state index in [0.717, 1.165) is 0 Å². The molecule has 6 nitrogen and oxygen atoms in total. The quantitative estimate of drug-likeness (QED) is 0.790.